The SMILES string of the molecule is CCC[C@@H](N)c1nc(-c2cccc(O)c2)no1. The van der Waals surface area contributed by atoms with E-state index in [1.165, 1.54) is 0 Å². The Bertz CT molecular complexity index is 496. The maximum Gasteiger partial charge on any atom is 0.243 e. The average Bonchev–Trinajstić information content (AvgIpc) is 2.78. The minimum atomic E-state index is -0.224. The third kappa shape index (κ3) is 2.62. The van der Waals surface area contributed by atoms with Gasteiger partial charge in [0.15, 0.2) is 0 Å². The van der Waals surface area contributed by atoms with Crippen molar-refractivity contribution in [3.05, 3.63) is 30.2 Å². The van der Waals surface area contributed by atoms with Gasteiger partial charge in [-0.2, -0.15) is 4.98 Å². The van der Waals surface area contributed by atoms with Crippen LogP contribution in [0.1, 0.15) is 31.7 Å². The number of phenols is 1. The summed E-state index contributed by atoms with van der Waals surface area (Å²) >= 11 is 0. The van der Waals surface area contributed by atoms with E-state index < -0.39 is 0 Å². The second-order valence-corrected chi connectivity index (χ2v) is 3.90. The van der Waals surface area contributed by atoms with Crippen molar-refractivity contribution in [1.82, 2.24) is 10.1 Å². The molecule has 1 atom stereocenters. The summed E-state index contributed by atoms with van der Waals surface area (Å²) in [6.07, 6.45) is 1.77. The van der Waals surface area contributed by atoms with Crippen LogP contribution < -0.4 is 5.73 Å². The molecular weight excluding hydrogens is 218 g/mol. The summed E-state index contributed by atoms with van der Waals surface area (Å²) in [7, 11) is 0. The normalized spacial score (nSPS) is 12.6. The van der Waals surface area contributed by atoms with E-state index in [4.69, 9.17) is 10.3 Å². The van der Waals surface area contributed by atoms with Crippen LogP contribution in [0.4, 0.5) is 0 Å². The van der Waals surface area contributed by atoms with Crippen molar-refractivity contribution >= 4 is 0 Å². The summed E-state index contributed by atoms with van der Waals surface area (Å²) in [5.74, 6) is 1.05. The van der Waals surface area contributed by atoms with E-state index in [0.717, 1.165) is 12.8 Å². The number of rotatable bonds is 4. The lowest BCUT2D eigenvalue weighted by atomic mass is 10.2. The van der Waals surface area contributed by atoms with Crippen molar-refractivity contribution in [3.8, 4) is 17.1 Å². The van der Waals surface area contributed by atoms with Crippen LogP contribution in [0.2, 0.25) is 0 Å². The molecule has 0 aliphatic carbocycles. The van der Waals surface area contributed by atoms with E-state index >= 15 is 0 Å². The van der Waals surface area contributed by atoms with Gasteiger partial charge in [0.05, 0.1) is 6.04 Å². The summed E-state index contributed by atoms with van der Waals surface area (Å²) in [5.41, 5.74) is 6.59. The van der Waals surface area contributed by atoms with Crippen molar-refractivity contribution in [1.29, 1.82) is 0 Å². The Morgan fingerprint density at radius 3 is 3.00 bits per heavy atom. The molecule has 2 rings (SSSR count). The van der Waals surface area contributed by atoms with Gasteiger partial charge in [-0.25, -0.2) is 0 Å². The van der Waals surface area contributed by atoms with Gasteiger partial charge in [-0.15, -0.1) is 0 Å². The highest BCUT2D eigenvalue weighted by atomic mass is 16.5. The summed E-state index contributed by atoms with van der Waals surface area (Å²) in [5, 5.41) is 13.2. The van der Waals surface area contributed by atoms with Crippen molar-refractivity contribution in [3.63, 3.8) is 0 Å². The van der Waals surface area contributed by atoms with Crippen LogP contribution in [0.5, 0.6) is 5.75 Å². The molecule has 0 amide bonds. The number of aromatic hydroxyl groups is 1. The lowest BCUT2D eigenvalue weighted by molar-refractivity contribution is 0.348. The van der Waals surface area contributed by atoms with Gasteiger partial charge >= 0.3 is 0 Å². The molecule has 90 valence electrons. The number of nitrogens with two attached hydrogens (primary N) is 1. The standard InChI is InChI=1S/C12H15N3O2/c1-2-4-10(13)12-14-11(15-17-12)8-5-3-6-9(16)7-8/h3,5-7,10,16H,2,4,13H2,1H3/t10-/m1/s1. The first kappa shape index (κ1) is 11.6. The second-order valence-electron chi connectivity index (χ2n) is 3.90. The lowest BCUT2D eigenvalue weighted by Crippen LogP contribution is -2.09. The Balaban J connectivity index is 2.23. The molecule has 0 saturated carbocycles. The molecule has 1 heterocycles. The number of hydrogen-bond donors (Lipinski definition) is 2. The molecule has 0 fully saturated rings. The fourth-order valence-electron chi connectivity index (χ4n) is 1.58. The van der Waals surface area contributed by atoms with Gasteiger partial charge < -0.3 is 15.4 Å². The van der Waals surface area contributed by atoms with Crippen LogP contribution >= 0.6 is 0 Å². The van der Waals surface area contributed by atoms with E-state index in [1.54, 1.807) is 24.3 Å². The van der Waals surface area contributed by atoms with E-state index in [9.17, 15) is 5.11 Å². The molecule has 0 unspecified atom stereocenters. The number of phenolic OH excluding ortho intramolecular Hbond substituents is 1. The quantitative estimate of drug-likeness (QED) is 0.845. The fraction of sp³-hybridized carbons (Fsp3) is 0.333. The third-order valence-electron chi connectivity index (χ3n) is 2.46. The molecule has 0 aliphatic rings. The molecule has 17 heavy (non-hydrogen) atoms. The highest BCUT2D eigenvalue weighted by Gasteiger charge is 2.14. The smallest absolute Gasteiger partial charge is 0.243 e. The predicted molar refractivity (Wildman–Crippen MR) is 63.2 cm³/mol. The Labute approximate surface area is 99.3 Å². The zero-order valence-corrected chi connectivity index (χ0v) is 9.63. The Morgan fingerprint density at radius 2 is 2.29 bits per heavy atom. The zero-order valence-electron chi connectivity index (χ0n) is 9.63. The zero-order chi connectivity index (χ0) is 12.3. The topological polar surface area (TPSA) is 85.2 Å². The van der Waals surface area contributed by atoms with Gasteiger partial charge in [-0.1, -0.05) is 30.6 Å². The van der Waals surface area contributed by atoms with Crippen LogP contribution in [0.3, 0.4) is 0 Å². The Morgan fingerprint density at radius 1 is 1.47 bits per heavy atom. The van der Waals surface area contributed by atoms with Crippen LogP contribution in [-0.4, -0.2) is 15.2 Å². The first-order valence-corrected chi connectivity index (χ1v) is 5.59. The molecule has 0 bridgehead atoms. The highest BCUT2D eigenvalue weighted by molar-refractivity contribution is 5.56. The Hall–Kier alpha value is -1.88. The summed E-state index contributed by atoms with van der Waals surface area (Å²) in [4.78, 5) is 4.23. The summed E-state index contributed by atoms with van der Waals surface area (Å²) in [6.45, 7) is 2.05. The maximum atomic E-state index is 9.36. The summed E-state index contributed by atoms with van der Waals surface area (Å²) < 4.78 is 5.11. The molecular formula is C12H15N3O2. The fourth-order valence-corrected chi connectivity index (χ4v) is 1.58. The first-order chi connectivity index (χ1) is 8.20. The minimum absolute atomic E-state index is 0.173. The monoisotopic (exact) mass is 233 g/mol. The van der Waals surface area contributed by atoms with Gasteiger partial charge in [-0.05, 0) is 18.6 Å². The van der Waals surface area contributed by atoms with Crippen LogP contribution in [0.25, 0.3) is 11.4 Å². The van der Waals surface area contributed by atoms with Crippen molar-refractivity contribution in [2.75, 3.05) is 0 Å². The van der Waals surface area contributed by atoms with Crippen molar-refractivity contribution in [2.45, 2.75) is 25.8 Å². The molecule has 0 spiro atoms. The molecule has 0 radical (unpaired) electrons. The largest absolute Gasteiger partial charge is 0.508 e. The van der Waals surface area contributed by atoms with Gasteiger partial charge in [0, 0.05) is 5.56 Å². The van der Waals surface area contributed by atoms with Crippen molar-refractivity contribution in [2.24, 2.45) is 5.73 Å². The van der Waals surface area contributed by atoms with Crippen molar-refractivity contribution < 1.29 is 9.63 Å². The Kier molecular flexibility index (Phi) is 3.39. The van der Waals surface area contributed by atoms with Gasteiger partial charge in [0.1, 0.15) is 5.75 Å². The van der Waals surface area contributed by atoms with E-state index in [1.807, 2.05) is 6.92 Å². The number of aromatic nitrogens is 2. The molecule has 1 aromatic carbocycles. The molecule has 3 N–H and O–H groups in total. The molecule has 1 aromatic heterocycles. The van der Waals surface area contributed by atoms with Crippen LogP contribution in [-0.2, 0) is 0 Å². The second kappa shape index (κ2) is 4.97. The van der Waals surface area contributed by atoms with Gasteiger partial charge in [0.25, 0.3) is 0 Å². The first-order valence-electron chi connectivity index (χ1n) is 5.59. The lowest BCUT2D eigenvalue weighted by Gasteiger charge is -2.02. The number of benzene rings is 1. The minimum Gasteiger partial charge on any atom is -0.508 e. The third-order valence-corrected chi connectivity index (χ3v) is 2.46. The highest BCUT2D eigenvalue weighted by Crippen LogP contribution is 2.22. The van der Waals surface area contributed by atoms with Gasteiger partial charge in [0.2, 0.25) is 11.7 Å². The predicted octanol–water partition coefficient (Wildman–Crippen LogP) is 2.24. The number of hydrogen-bond acceptors (Lipinski definition) is 5. The van der Waals surface area contributed by atoms with E-state index in [0.29, 0.717) is 17.3 Å². The molecule has 5 nitrogen and oxygen atoms in total. The maximum absolute atomic E-state index is 9.36. The molecule has 0 saturated heterocycles. The molecule has 5 heteroatoms. The van der Waals surface area contributed by atoms with Crippen LogP contribution in [0.15, 0.2) is 28.8 Å². The van der Waals surface area contributed by atoms with Gasteiger partial charge in [-0.3, -0.25) is 0 Å². The number of nitrogens with zero attached hydrogens (tertiary/aromatic N) is 2. The molecule has 0 aliphatic heterocycles. The van der Waals surface area contributed by atoms with E-state index in [2.05, 4.69) is 10.1 Å². The van der Waals surface area contributed by atoms with E-state index in [-0.39, 0.29) is 11.8 Å². The summed E-state index contributed by atoms with van der Waals surface area (Å²) in [6, 6.07) is 6.48. The molecule has 2 aromatic rings. The van der Waals surface area contributed by atoms with Crippen LogP contribution in [0, 0.1) is 0 Å². The average molecular weight is 233 g/mol.